The molecule has 13 heavy (non-hydrogen) atoms. The van der Waals surface area contributed by atoms with E-state index in [1.54, 1.807) is 6.07 Å². The second-order valence-corrected chi connectivity index (χ2v) is 3.23. The zero-order valence-corrected chi connectivity index (χ0v) is 8.77. The molecule has 0 spiro atoms. The van der Waals surface area contributed by atoms with Crippen molar-refractivity contribution in [1.82, 2.24) is 0 Å². The summed E-state index contributed by atoms with van der Waals surface area (Å²) >= 11 is 3.06. The van der Waals surface area contributed by atoms with Gasteiger partial charge in [0.05, 0.1) is 17.7 Å². The number of ether oxygens (including phenoxy) is 1. The average Bonchev–Trinajstić information content (AvgIpc) is 2.14. The maximum Gasteiger partial charge on any atom is 0.146 e. The van der Waals surface area contributed by atoms with Gasteiger partial charge in [0.25, 0.3) is 0 Å². The van der Waals surface area contributed by atoms with Crippen molar-refractivity contribution >= 4 is 15.9 Å². The van der Waals surface area contributed by atoms with Crippen LogP contribution in [0.15, 0.2) is 16.6 Å². The van der Waals surface area contributed by atoms with E-state index in [2.05, 4.69) is 15.9 Å². The van der Waals surface area contributed by atoms with E-state index in [9.17, 15) is 4.39 Å². The van der Waals surface area contributed by atoms with Crippen molar-refractivity contribution in [2.45, 2.75) is 13.5 Å². The molecule has 0 unspecified atom stereocenters. The molecule has 2 nitrogen and oxygen atoms in total. The lowest BCUT2D eigenvalue weighted by atomic mass is 10.2. The number of aliphatic hydroxyl groups is 1. The highest BCUT2D eigenvalue weighted by Crippen LogP contribution is 2.29. The van der Waals surface area contributed by atoms with Gasteiger partial charge in [-0.3, -0.25) is 0 Å². The van der Waals surface area contributed by atoms with Gasteiger partial charge in [-0.05, 0) is 28.9 Å². The molecular formula is C9H10BrFO2. The lowest BCUT2D eigenvalue weighted by Crippen LogP contribution is -1.97. The molecule has 0 saturated heterocycles. The van der Waals surface area contributed by atoms with E-state index in [0.29, 0.717) is 12.4 Å². The topological polar surface area (TPSA) is 29.5 Å². The van der Waals surface area contributed by atoms with Crippen LogP contribution in [0, 0.1) is 5.82 Å². The van der Waals surface area contributed by atoms with Crippen LogP contribution < -0.4 is 4.74 Å². The van der Waals surface area contributed by atoms with Gasteiger partial charge >= 0.3 is 0 Å². The zero-order chi connectivity index (χ0) is 9.84. The molecule has 0 heterocycles. The average molecular weight is 249 g/mol. The third-order valence-electron chi connectivity index (χ3n) is 1.60. The summed E-state index contributed by atoms with van der Waals surface area (Å²) in [6.07, 6.45) is 0. The molecule has 1 aromatic rings. The number of aliphatic hydroxyl groups excluding tert-OH is 1. The van der Waals surface area contributed by atoms with Crippen LogP contribution >= 0.6 is 15.9 Å². The number of rotatable bonds is 3. The quantitative estimate of drug-likeness (QED) is 0.891. The first kappa shape index (κ1) is 10.5. The number of halogens is 2. The van der Waals surface area contributed by atoms with Crippen LogP contribution in [-0.4, -0.2) is 11.7 Å². The first-order valence-corrected chi connectivity index (χ1v) is 4.70. The van der Waals surface area contributed by atoms with Crippen LogP contribution in [0.1, 0.15) is 12.5 Å². The van der Waals surface area contributed by atoms with E-state index in [0.717, 1.165) is 0 Å². The maximum absolute atomic E-state index is 13.3. The van der Waals surface area contributed by atoms with E-state index < -0.39 is 5.82 Å². The van der Waals surface area contributed by atoms with Crippen LogP contribution in [0.3, 0.4) is 0 Å². The Bertz CT molecular complexity index is 302. The Morgan fingerprint density at radius 1 is 1.54 bits per heavy atom. The molecule has 0 atom stereocenters. The third kappa shape index (κ3) is 2.19. The fraction of sp³-hybridized carbons (Fsp3) is 0.333. The summed E-state index contributed by atoms with van der Waals surface area (Å²) < 4.78 is 18.7. The summed E-state index contributed by atoms with van der Waals surface area (Å²) in [5, 5.41) is 8.76. The molecule has 0 amide bonds. The Labute approximate surface area is 84.5 Å². The summed E-state index contributed by atoms with van der Waals surface area (Å²) in [6.45, 7) is 2.00. The normalized spacial score (nSPS) is 10.2. The minimum Gasteiger partial charge on any atom is -0.493 e. The molecule has 0 bridgehead atoms. The molecular weight excluding hydrogens is 239 g/mol. The smallest absolute Gasteiger partial charge is 0.146 e. The van der Waals surface area contributed by atoms with E-state index in [-0.39, 0.29) is 16.6 Å². The molecule has 0 aliphatic rings. The van der Waals surface area contributed by atoms with Gasteiger partial charge in [0.1, 0.15) is 11.6 Å². The minimum atomic E-state index is -0.464. The largest absolute Gasteiger partial charge is 0.493 e. The second kappa shape index (κ2) is 4.58. The molecule has 1 aromatic carbocycles. The van der Waals surface area contributed by atoms with Gasteiger partial charge in [-0.1, -0.05) is 6.07 Å². The highest BCUT2D eigenvalue weighted by Gasteiger charge is 2.10. The Hall–Kier alpha value is -0.610. The van der Waals surface area contributed by atoms with Crippen molar-refractivity contribution in [3.63, 3.8) is 0 Å². The summed E-state index contributed by atoms with van der Waals surface area (Å²) in [5.41, 5.74) is 0.260. The van der Waals surface area contributed by atoms with Crippen molar-refractivity contribution in [1.29, 1.82) is 0 Å². The molecule has 1 N–H and O–H groups in total. The Balaban J connectivity index is 3.07. The second-order valence-electron chi connectivity index (χ2n) is 2.44. The Morgan fingerprint density at radius 3 is 2.77 bits per heavy atom. The fourth-order valence-corrected chi connectivity index (χ4v) is 1.46. The summed E-state index contributed by atoms with van der Waals surface area (Å²) in [7, 11) is 0. The molecule has 72 valence electrons. The number of benzene rings is 1. The van der Waals surface area contributed by atoms with E-state index in [1.165, 1.54) is 6.07 Å². The lowest BCUT2D eigenvalue weighted by Gasteiger charge is -2.08. The molecule has 4 heteroatoms. The van der Waals surface area contributed by atoms with Crippen LogP contribution in [0.5, 0.6) is 5.75 Å². The van der Waals surface area contributed by atoms with Crippen molar-refractivity contribution in [2.24, 2.45) is 0 Å². The fourth-order valence-electron chi connectivity index (χ4n) is 0.961. The maximum atomic E-state index is 13.3. The lowest BCUT2D eigenvalue weighted by molar-refractivity contribution is 0.274. The van der Waals surface area contributed by atoms with Crippen molar-refractivity contribution in [3.05, 3.63) is 28.0 Å². The Kier molecular flexibility index (Phi) is 3.69. The molecule has 1 rings (SSSR count). The highest BCUT2D eigenvalue weighted by atomic mass is 79.9. The van der Waals surface area contributed by atoms with Gasteiger partial charge in [0.2, 0.25) is 0 Å². The molecule has 0 fully saturated rings. The summed E-state index contributed by atoms with van der Waals surface area (Å²) in [6, 6.07) is 3.13. The van der Waals surface area contributed by atoms with Crippen molar-refractivity contribution in [2.75, 3.05) is 6.61 Å². The van der Waals surface area contributed by atoms with Crippen LogP contribution in [0.4, 0.5) is 4.39 Å². The van der Waals surface area contributed by atoms with Gasteiger partial charge < -0.3 is 9.84 Å². The monoisotopic (exact) mass is 248 g/mol. The van der Waals surface area contributed by atoms with Gasteiger partial charge in [0.15, 0.2) is 0 Å². The van der Waals surface area contributed by atoms with E-state index in [4.69, 9.17) is 9.84 Å². The third-order valence-corrected chi connectivity index (χ3v) is 2.34. The predicted octanol–water partition coefficient (Wildman–Crippen LogP) is 2.48. The molecule has 0 aliphatic heterocycles. The standard InChI is InChI=1S/C9H10BrFO2/c1-2-13-7-4-3-6(5-12)9(11)8(7)10/h3-4,12H,2,5H2,1H3. The van der Waals surface area contributed by atoms with Crippen molar-refractivity contribution in [3.8, 4) is 5.75 Å². The van der Waals surface area contributed by atoms with E-state index >= 15 is 0 Å². The predicted molar refractivity (Wildman–Crippen MR) is 51.2 cm³/mol. The van der Waals surface area contributed by atoms with Crippen molar-refractivity contribution < 1.29 is 14.2 Å². The van der Waals surface area contributed by atoms with Gasteiger partial charge in [0, 0.05) is 5.56 Å². The Morgan fingerprint density at radius 2 is 2.23 bits per heavy atom. The van der Waals surface area contributed by atoms with Gasteiger partial charge in [-0.2, -0.15) is 0 Å². The SMILES string of the molecule is CCOc1ccc(CO)c(F)c1Br. The van der Waals surface area contributed by atoms with Gasteiger partial charge in [-0.25, -0.2) is 4.39 Å². The van der Waals surface area contributed by atoms with Crippen LogP contribution in [-0.2, 0) is 6.61 Å². The first-order chi connectivity index (χ1) is 6.20. The first-order valence-electron chi connectivity index (χ1n) is 3.91. The zero-order valence-electron chi connectivity index (χ0n) is 7.18. The molecule has 0 aliphatic carbocycles. The molecule has 0 saturated carbocycles. The summed E-state index contributed by atoms with van der Waals surface area (Å²) in [5.74, 6) is -0.00866. The van der Waals surface area contributed by atoms with Crippen LogP contribution in [0.25, 0.3) is 0 Å². The van der Waals surface area contributed by atoms with Crippen LogP contribution in [0.2, 0.25) is 0 Å². The highest BCUT2D eigenvalue weighted by molar-refractivity contribution is 9.10. The number of hydrogen-bond acceptors (Lipinski definition) is 2. The van der Waals surface area contributed by atoms with E-state index in [1.807, 2.05) is 6.92 Å². The molecule has 0 aromatic heterocycles. The minimum absolute atomic E-state index is 0.260. The number of hydrogen-bond donors (Lipinski definition) is 1. The van der Waals surface area contributed by atoms with Gasteiger partial charge in [-0.15, -0.1) is 0 Å². The summed E-state index contributed by atoms with van der Waals surface area (Å²) in [4.78, 5) is 0. The molecule has 0 radical (unpaired) electrons.